The minimum atomic E-state index is -0.994. The lowest BCUT2D eigenvalue weighted by Gasteiger charge is -2.44. The van der Waals surface area contributed by atoms with Crippen LogP contribution in [0.5, 0.6) is 0 Å². The summed E-state index contributed by atoms with van der Waals surface area (Å²) in [6.45, 7) is 0.116. The number of benzene rings is 1. The standard InChI is InChI=1S/C17H20N2O5S/c20-15-12(18-17(23)24-9-11-5-2-1-3-6-11)10-25-14-8-4-7-13(16(21)22)19(14)15/h1-3,5-6,12-14H,4,7-10H2,(H,18,23)(H,21,22). The minimum absolute atomic E-state index is 0.116. The lowest BCUT2D eigenvalue weighted by molar-refractivity contribution is -0.154. The van der Waals surface area contributed by atoms with Crippen LogP contribution in [-0.4, -0.2) is 51.2 Å². The van der Waals surface area contributed by atoms with Crippen LogP contribution in [0, 0.1) is 0 Å². The average Bonchev–Trinajstić information content (AvgIpc) is 2.62. The van der Waals surface area contributed by atoms with E-state index in [2.05, 4.69) is 5.32 Å². The Morgan fingerprint density at radius 3 is 2.76 bits per heavy atom. The number of thioether (sulfide) groups is 1. The van der Waals surface area contributed by atoms with Crippen LogP contribution >= 0.6 is 11.8 Å². The second-order valence-corrected chi connectivity index (χ2v) is 7.29. The number of hydrogen-bond donors (Lipinski definition) is 2. The molecule has 2 N–H and O–H groups in total. The largest absolute Gasteiger partial charge is 0.480 e. The van der Waals surface area contributed by atoms with Gasteiger partial charge in [-0.25, -0.2) is 9.59 Å². The highest BCUT2D eigenvalue weighted by Gasteiger charge is 2.44. The highest BCUT2D eigenvalue weighted by molar-refractivity contribution is 8.00. The molecule has 3 atom stereocenters. The number of nitrogens with zero attached hydrogens (tertiary/aromatic N) is 1. The monoisotopic (exact) mass is 364 g/mol. The molecule has 2 fully saturated rings. The van der Waals surface area contributed by atoms with Crippen LogP contribution in [-0.2, 0) is 20.9 Å². The summed E-state index contributed by atoms with van der Waals surface area (Å²) < 4.78 is 5.14. The van der Waals surface area contributed by atoms with Gasteiger partial charge in [-0.05, 0) is 24.8 Å². The molecule has 0 radical (unpaired) electrons. The first-order chi connectivity index (χ1) is 12.1. The molecule has 1 aromatic carbocycles. The number of hydrogen-bond acceptors (Lipinski definition) is 5. The molecule has 2 saturated heterocycles. The average molecular weight is 364 g/mol. The first-order valence-corrected chi connectivity index (χ1v) is 9.25. The van der Waals surface area contributed by atoms with Gasteiger partial charge in [-0.1, -0.05) is 30.3 Å². The van der Waals surface area contributed by atoms with Crippen molar-refractivity contribution in [1.29, 1.82) is 0 Å². The molecular weight excluding hydrogens is 344 g/mol. The molecule has 0 saturated carbocycles. The quantitative estimate of drug-likeness (QED) is 0.846. The molecule has 134 valence electrons. The van der Waals surface area contributed by atoms with Gasteiger partial charge in [0.15, 0.2) is 0 Å². The molecule has 2 amide bonds. The molecule has 0 aromatic heterocycles. The van der Waals surface area contributed by atoms with Gasteiger partial charge in [0.2, 0.25) is 5.91 Å². The first-order valence-electron chi connectivity index (χ1n) is 8.20. The van der Waals surface area contributed by atoms with Crippen molar-refractivity contribution in [3.8, 4) is 0 Å². The third kappa shape index (κ3) is 4.07. The molecule has 0 aliphatic carbocycles. The van der Waals surface area contributed by atoms with Crippen molar-refractivity contribution in [3.63, 3.8) is 0 Å². The number of carbonyl (C=O) groups is 3. The van der Waals surface area contributed by atoms with E-state index in [1.54, 1.807) is 0 Å². The van der Waals surface area contributed by atoms with Crippen LogP contribution in [0.25, 0.3) is 0 Å². The maximum Gasteiger partial charge on any atom is 0.408 e. The number of ether oxygens (including phenoxy) is 1. The van der Waals surface area contributed by atoms with Gasteiger partial charge in [-0.2, -0.15) is 0 Å². The van der Waals surface area contributed by atoms with Crippen molar-refractivity contribution < 1.29 is 24.2 Å². The summed E-state index contributed by atoms with van der Waals surface area (Å²) in [5, 5.41) is 11.8. The third-order valence-electron chi connectivity index (χ3n) is 4.37. The van der Waals surface area contributed by atoms with Crippen LogP contribution in [0.1, 0.15) is 24.8 Å². The van der Waals surface area contributed by atoms with Gasteiger partial charge in [0, 0.05) is 5.75 Å². The number of alkyl carbamates (subject to hydrolysis) is 1. The molecule has 3 unspecified atom stereocenters. The van der Waals surface area contributed by atoms with E-state index in [4.69, 9.17) is 4.74 Å². The number of carboxylic acids is 1. The topological polar surface area (TPSA) is 95.9 Å². The molecular formula is C17H20N2O5S. The van der Waals surface area contributed by atoms with Gasteiger partial charge in [-0.3, -0.25) is 4.79 Å². The Morgan fingerprint density at radius 1 is 1.28 bits per heavy atom. The van der Waals surface area contributed by atoms with E-state index in [1.807, 2.05) is 30.3 Å². The van der Waals surface area contributed by atoms with E-state index in [9.17, 15) is 19.5 Å². The SMILES string of the molecule is O=C(NC1CSC2CCCC(C(=O)O)N2C1=O)OCc1ccccc1. The highest BCUT2D eigenvalue weighted by atomic mass is 32.2. The molecule has 7 nitrogen and oxygen atoms in total. The molecule has 3 rings (SSSR count). The summed E-state index contributed by atoms with van der Waals surface area (Å²) in [6, 6.07) is 7.67. The maximum atomic E-state index is 12.7. The van der Waals surface area contributed by atoms with E-state index in [0.717, 1.165) is 18.4 Å². The van der Waals surface area contributed by atoms with Gasteiger partial charge >= 0.3 is 12.1 Å². The number of nitrogens with one attached hydrogen (secondary N) is 1. The number of fused-ring (bicyclic) bond motifs is 1. The molecule has 0 spiro atoms. The van der Waals surface area contributed by atoms with Crippen molar-refractivity contribution in [2.24, 2.45) is 0 Å². The van der Waals surface area contributed by atoms with Gasteiger partial charge in [0.25, 0.3) is 0 Å². The number of carboxylic acid groups (broad SMARTS) is 1. The van der Waals surface area contributed by atoms with E-state index < -0.39 is 24.1 Å². The third-order valence-corrected chi connectivity index (χ3v) is 5.75. The van der Waals surface area contributed by atoms with Crippen LogP contribution in [0.3, 0.4) is 0 Å². The Morgan fingerprint density at radius 2 is 2.04 bits per heavy atom. The summed E-state index contributed by atoms with van der Waals surface area (Å²) in [6.07, 6.45) is 1.34. The predicted octanol–water partition coefficient (Wildman–Crippen LogP) is 1.82. The molecule has 2 heterocycles. The Hall–Kier alpha value is -2.22. The van der Waals surface area contributed by atoms with E-state index in [0.29, 0.717) is 12.2 Å². The highest BCUT2D eigenvalue weighted by Crippen LogP contribution is 2.35. The van der Waals surface area contributed by atoms with E-state index in [-0.39, 0.29) is 17.9 Å². The summed E-state index contributed by atoms with van der Waals surface area (Å²) >= 11 is 1.51. The van der Waals surface area contributed by atoms with Crippen LogP contribution in [0.2, 0.25) is 0 Å². The van der Waals surface area contributed by atoms with Crippen molar-refractivity contribution in [1.82, 2.24) is 10.2 Å². The van der Waals surface area contributed by atoms with E-state index in [1.165, 1.54) is 16.7 Å². The minimum Gasteiger partial charge on any atom is -0.480 e. The zero-order valence-electron chi connectivity index (χ0n) is 13.6. The number of rotatable bonds is 4. The zero-order chi connectivity index (χ0) is 17.8. The maximum absolute atomic E-state index is 12.7. The normalized spacial score (nSPS) is 25.8. The number of amides is 2. The summed E-state index contributed by atoms with van der Waals surface area (Å²) in [7, 11) is 0. The predicted molar refractivity (Wildman–Crippen MR) is 91.9 cm³/mol. The fourth-order valence-electron chi connectivity index (χ4n) is 3.14. The van der Waals surface area contributed by atoms with Gasteiger partial charge in [0.05, 0.1) is 5.37 Å². The Labute approximate surface area is 149 Å². The van der Waals surface area contributed by atoms with Crippen molar-refractivity contribution in [2.75, 3.05) is 5.75 Å². The van der Waals surface area contributed by atoms with Gasteiger partial charge in [-0.15, -0.1) is 11.8 Å². The van der Waals surface area contributed by atoms with Crippen LogP contribution in [0.4, 0.5) is 4.79 Å². The number of carbonyl (C=O) groups excluding carboxylic acids is 2. The van der Waals surface area contributed by atoms with Crippen molar-refractivity contribution >= 4 is 29.7 Å². The van der Waals surface area contributed by atoms with Crippen LogP contribution in [0.15, 0.2) is 30.3 Å². The molecule has 25 heavy (non-hydrogen) atoms. The lowest BCUT2D eigenvalue weighted by atomic mass is 10.0. The van der Waals surface area contributed by atoms with E-state index >= 15 is 0 Å². The smallest absolute Gasteiger partial charge is 0.408 e. The van der Waals surface area contributed by atoms with Crippen molar-refractivity contribution in [3.05, 3.63) is 35.9 Å². The fourth-order valence-corrected chi connectivity index (χ4v) is 4.52. The molecule has 8 heteroatoms. The Kier molecular flexibility index (Phi) is 5.47. The molecule has 2 aliphatic rings. The zero-order valence-corrected chi connectivity index (χ0v) is 14.4. The van der Waals surface area contributed by atoms with Gasteiger partial charge in [0.1, 0.15) is 18.7 Å². The summed E-state index contributed by atoms with van der Waals surface area (Å²) in [5.74, 6) is -0.911. The number of piperidine rings is 1. The Balaban J connectivity index is 1.58. The lowest BCUT2D eigenvalue weighted by Crippen LogP contribution is -2.62. The fraction of sp³-hybridized carbons (Fsp3) is 0.471. The second kappa shape index (κ2) is 7.77. The van der Waals surface area contributed by atoms with Gasteiger partial charge < -0.3 is 20.1 Å². The number of aliphatic carboxylic acids is 1. The second-order valence-electron chi connectivity index (χ2n) is 6.08. The van der Waals surface area contributed by atoms with Crippen LogP contribution < -0.4 is 5.32 Å². The molecule has 0 bridgehead atoms. The first kappa shape index (κ1) is 17.6. The van der Waals surface area contributed by atoms with Crippen molar-refractivity contribution in [2.45, 2.75) is 43.3 Å². The summed E-state index contributed by atoms with van der Waals surface area (Å²) in [4.78, 5) is 37.5. The molecule has 2 aliphatic heterocycles. The summed E-state index contributed by atoms with van der Waals surface area (Å²) in [5.41, 5.74) is 0.851. The molecule has 1 aromatic rings. The Bertz CT molecular complexity index is 654.